The SMILES string of the molecule is [2H]c1c([2H])c(C(=O)[C@]([2H])(NC(C)(C)C)C([2H])([2H])[2H])c([2H])c(Cl)c1Cl. The first-order chi connectivity index (χ1) is 10.5. The Morgan fingerprint density at radius 2 is 2.12 bits per heavy atom. The Morgan fingerprint density at radius 3 is 2.65 bits per heavy atom. The molecule has 1 rings (SSSR count). The van der Waals surface area contributed by atoms with Gasteiger partial charge in [-0.3, -0.25) is 4.79 Å². The van der Waals surface area contributed by atoms with Crippen LogP contribution in [0.2, 0.25) is 10.0 Å². The first kappa shape index (κ1) is 7.13. The summed E-state index contributed by atoms with van der Waals surface area (Å²) in [5.41, 5.74) is -1.65. The molecule has 0 saturated carbocycles. The molecule has 2 nitrogen and oxygen atoms in total. The molecule has 1 aromatic carbocycles. The van der Waals surface area contributed by atoms with Crippen molar-refractivity contribution >= 4 is 29.0 Å². The summed E-state index contributed by atoms with van der Waals surface area (Å²) >= 11 is 11.5. The molecular weight excluding hydrogens is 257 g/mol. The Kier molecular flexibility index (Phi) is 2.26. The second-order valence-corrected chi connectivity index (χ2v) is 5.21. The normalized spacial score (nSPS) is 22.1. The molecule has 0 heterocycles. The number of benzene rings is 1. The molecule has 0 radical (unpaired) electrons. The van der Waals surface area contributed by atoms with Crippen LogP contribution in [0.5, 0.6) is 0 Å². The van der Waals surface area contributed by atoms with Crippen LogP contribution in [0.3, 0.4) is 0 Å². The van der Waals surface area contributed by atoms with Crippen LogP contribution in [0.1, 0.15) is 47.6 Å². The van der Waals surface area contributed by atoms with Gasteiger partial charge in [-0.05, 0) is 45.8 Å². The van der Waals surface area contributed by atoms with Gasteiger partial charge in [-0.2, -0.15) is 0 Å². The lowest BCUT2D eigenvalue weighted by Gasteiger charge is -2.25. The van der Waals surface area contributed by atoms with E-state index in [0.717, 1.165) is 0 Å². The van der Waals surface area contributed by atoms with Crippen molar-refractivity contribution in [2.24, 2.45) is 0 Å². The van der Waals surface area contributed by atoms with Gasteiger partial charge in [0.2, 0.25) is 0 Å². The van der Waals surface area contributed by atoms with Crippen molar-refractivity contribution in [3.63, 3.8) is 0 Å². The van der Waals surface area contributed by atoms with Gasteiger partial charge in [0.1, 0.15) is 0 Å². The number of halogens is 2. The summed E-state index contributed by atoms with van der Waals surface area (Å²) in [6, 6.07) is -4.84. The molecule has 1 atom stereocenters. The standard InChI is InChI=1S/C13H17Cl2NO/c1-8(16-13(2,3)4)12(17)9-5-6-10(14)11(15)7-9/h5-8,16H,1-4H3/t8-/m1/s1/i1D3,5D,6D,7D,8D. The van der Waals surface area contributed by atoms with E-state index in [0.29, 0.717) is 0 Å². The fourth-order valence-electron chi connectivity index (χ4n) is 1.04. The summed E-state index contributed by atoms with van der Waals surface area (Å²) in [6.45, 7) is 1.63. The lowest BCUT2D eigenvalue weighted by molar-refractivity contribution is 0.0936. The Bertz CT molecular complexity index is 655. The maximum absolute atomic E-state index is 12.8. The van der Waals surface area contributed by atoms with Crippen LogP contribution in [0, 0.1) is 0 Å². The van der Waals surface area contributed by atoms with Crippen molar-refractivity contribution in [2.45, 2.75) is 39.2 Å². The lowest BCUT2D eigenvalue weighted by atomic mass is 10.0. The van der Waals surface area contributed by atoms with Gasteiger partial charge in [0.25, 0.3) is 0 Å². The highest BCUT2D eigenvalue weighted by Gasteiger charge is 2.20. The highest BCUT2D eigenvalue weighted by molar-refractivity contribution is 6.42. The number of hydrogen-bond acceptors (Lipinski definition) is 2. The highest BCUT2D eigenvalue weighted by Crippen LogP contribution is 2.23. The fraction of sp³-hybridized carbons (Fsp3) is 0.462. The van der Waals surface area contributed by atoms with Gasteiger partial charge in [0.15, 0.2) is 5.78 Å². The summed E-state index contributed by atoms with van der Waals surface area (Å²) in [6.07, 6.45) is 0. The molecule has 0 aliphatic heterocycles. The molecular formula is C13H17Cl2NO. The molecule has 0 saturated heterocycles. The predicted molar refractivity (Wildman–Crippen MR) is 73.1 cm³/mol. The van der Waals surface area contributed by atoms with Crippen LogP contribution in [0.4, 0.5) is 0 Å². The molecule has 0 amide bonds. The first-order valence-electron chi connectivity index (χ1n) is 8.33. The smallest absolute Gasteiger partial charge is 0.179 e. The van der Waals surface area contributed by atoms with E-state index in [9.17, 15) is 4.79 Å². The number of carbonyl (C=O) groups is 1. The average molecular weight is 281 g/mol. The summed E-state index contributed by atoms with van der Waals surface area (Å²) in [5, 5.41) is 1.61. The maximum atomic E-state index is 12.8. The van der Waals surface area contributed by atoms with Crippen LogP contribution < -0.4 is 5.32 Å². The molecule has 1 aromatic rings. The monoisotopic (exact) mass is 280 g/mol. The van der Waals surface area contributed by atoms with Gasteiger partial charge >= 0.3 is 0 Å². The van der Waals surface area contributed by atoms with E-state index in [1.807, 2.05) is 0 Å². The third-order valence-electron chi connectivity index (χ3n) is 1.68. The summed E-state index contributed by atoms with van der Waals surface area (Å²) in [5.74, 6) is -1.33. The van der Waals surface area contributed by atoms with Crippen molar-refractivity contribution in [1.29, 1.82) is 0 Å². The predicted octanol–water partition coefficient (Wildman–Crippen LogP) is 3.95. The Balaban J connectivity index is 3.70. The van der Waals surface area contributed by atoms with E-state index >= 15 is 0 Å². The van der Waals surface area contributed by atoms with E-state index in [4.69, 9.17) is 32.8 Å². The topological polar surface area (TPSA) is 29.1 Å². The molecule has 0 aromatic heterocycles. The van der Waals surface area contributed by atoms with E-state index in [2.05, 4.69) is 5.32 Å². The minimum Gasteiger partial charge on any atom is -0.303 e. The quantitative estimate of drug-likeness (QED) is 0.850. The van der Waals surface area contributed by atoms with Crippen LogP contribution >= 0.6 is 23.2 Å². The lowest BCUT2D eigenvalue weighted by Crippen LogP contribution is -2.46. The average Bonchev–Trinajstić information content (AvgIpc) is 2.40. The van der Waals surface area contributed by atoms with Gasteiger partial charge in [0.05, 0.1) is 21.5 Å². The number of nitrogens with one attached hydrogen (secondary N) is 1. The van der Waals surface area contributed by atoms with Crippen LogP contribution in [-0.2, 0) is 0 Å². The molecule has 0 unspecified atom stereocenters. The van der Waals surface area contributed by atoms with E-state index in [-0.39, 0.29) is 5.02 Å². The van der Waals surface area contributed by atoms with Crippen molar-refractivity contribution in [1.82, 2.24) is 5.32 Å². The van der Waals surface area contributed by atoms with Crippen molar-refractivity contribution in [3.8, 4) is 0 Å². The van der Waals surface area contributed by atoms with E-state index in [1.54, 1.807) is 20.8 Å². The first-order valence-corrected chi connectivity index (χ1v) is 5.59. The number of ketones is 1. The summed E-state index contributed by atoms with van der Waals surface area (Å²) in [7, 11) is 0. The second-order valence-electron chi connectivity index (χ2n) is 4.46. The minimum absolute atomic E-state index is 0.378. The number of carbonyl (C=O) groups excluding carboxylic acids is 1. The third kappa shape index (κ3) is 4.30. The van der Waals surface area contributed by atoms with Crippen LogP contribution in [-0.4, -0.2) is 17.3 Å². The largest absolute Gasteiger partial charge is 0.303 e. The zero-order chi connectivity index (χ0) is 19.2. The fourth-order valence-corrected chi connectivity index (χ4v) is 1.27. The minimum atomic E-state index is -3.09. The molecule has 4 heteroatoms. The molecule has 17 heavy (non-hydrogen) atoms. The van der Waals surface area contributed by atoms with Gasteiger partial charge in [-0.25, -0.2) is 0 Å². The van der Waals surface area contributed by atoms with Crippen molar-refractivity contribution < 1.29 is 14.4 Å². The van der Waals surface area contributed by atoms with Gasteiger partial charge in [-0.1, -0.05) is 23.2 Å². The van der Waals surface area contributed by atoms with Gasteiger partial charge in [0, 0.05) is 15.2 Å². The third-order valence-corrected chi connectivity index (χ3v) is 2.34. The van der Waals surface area contributed by atoms with E-state index in [1.165, 1.54) is 0 Å². The van der Waals surface area contributed by atoms with E-state index < -0.39 is 52.9 Å². The molecule has 94 valence electrons. The summed E-state index contributed by atoms with van der Waals surface area (Å²) < 4.78 is 54.4. The van der Waals surface area contributed by atoms with Crippen molar-refractivity contribution in [2.75, 3.05) is 0 Å². The maximum Gasteiger partial charge on any atom is 0.179 e. The molecule has 1 N–H and O–H groups in total. The summed E-state index contributed by atoms with van der Waals surface area (Å²) in [4.78, 5) is 12.8. The molecule has 0 aliphatic carbocycles. The van der Waals surface area contributed by atoms with Crippen molar-refractivity contribution in [3.05, 3.63) is 33.7 Å². The highest BCUT2D eigenvalue weighted by atomic mass is 35.5. The molecule has 0 fully saturated rings. The number of Topliss-reactive ketones (excluding diaryl/α,β-unsaturated/α-hetero) is 1. The van der Waals surface area contributed by atoms with Crippen LogP contribution in [0.25, 0.3) is 0 Å². The second kappa shape index (κ2) is 5.38. The zero-order valence-corrected chi connectivity index (χ0v) is 11.2. The zero-order valence-electron chi connectivity index (χ0n) is 16.7. The molecule has 0 aliphatic rings. The Labute approximate surface area is 122 Å². The van der Waals surface area contributed by atoms with Gasteiger partial charge in [-0.15, -0.1) is 0 Å². The Morgan fingerprint density at radius 1 is 1.47 bits per heavy atom. The molecule has 0 bridgehead atoms. The van der Waals surface area contributed by atoms with Gasteiger partial charge < -0.3 is 5.32 Å². The number of rotatable bonds is 3. The number of hydrogen-bond donors (Lipinski definition) is 1. The molecule has 0 spiro atoms. The van der Waals surface area contributed by atoms with Crippen LogP contribution in [0.15, 0.2) is 18.1 Å². The Hall–Kier alpha value is -0.570.